The fourth-order valence-corrected chi connectivity index (χ4v) is 10.8. The molecule has 0 radical (unpaired) electrons. The van der Waals surface area contributed by atoms with Gasteiger partial charge in [-0.3, -0.25) is 0 Å². The first-order valence-corrected chi connectivity index (χ1v) is 22.8. The zero-order valence-corrected chi connectivity index (χ0v) is 37.9. The van der Waals surface area contributed by atoms with Crippen LogP contribution in [0.1, 0.15) is 68.6 Å². The molecule has 23 heteroatoms. The van der Waals surface area contributed by atoms with Gasteiger partial charge in [0.2, 0.25) is 0 Å². The van der Waals surface area contributed by atoms with E-state index in [-0.39, 0.29) is 68.2 Å². The predicted molar refractivity (Wildman–Crippen MR) is 245 cm³/mol. The Morgan fingerprint density at radius 3 is 1.69 bits per heavy atom. The second kappa shape index (κ2) is 17.3. The molecule has 0 spiro atoms. The highest BCUT2D eigenvalue weighted by atomic mass is 16.8. The fourth-order valence-electron chi connectivity index (χ4n) is 10.8. The van der Waals surface area contributed by atoms with Crippen molar-refractivity contribution in [3.63, 3.8) is 0 Å². The van der Waals surface area contributed by atoms with Crippen molar-refractivity contribution in [2.75, 3.05) is 6.61 Å². The van der Waals surface area contributed by atoms with Crippen molar-refractivity contribution in [3.8, 4) is 86.2 Å². The summed E-state index contributed by atoms with van der Waals surface area (Å²) in [6.07, 6.45) is -18.3. The van der Waals surface area contributed by atoms with Crippen LogP contribution >= 0.6 is 0 Å². The van der Waals surface area contributed by atoms with E-state index in [1.807, 2.05) is 0 Å². The van der Waals surface area contributed by atoms with Crippen LogP contribution in [-0.4, -0.2) is 142 Å². The number of aliphatic hydroxyl groups is 6. The van der Waals surface area contributed by atoms with Gasteiger partial charge in [-0.15, -0.1) is 0 Å². The van der Waals surface area contributed by atoms with Crippen molar-refractivity contribution in [1.82, 2.24) is 0 Å². The lowest BCUT2D eigenvalue weighted by Crippen LogP contribution is -2.64. The number of benzene rings is 6. The smallest absolute Gasteiger partial charge is 0.305 e. The Morgan fingerprint density at radius 1 is 0.486 bits per heavy atom. The van der Waals surface area contributed by atoms with E-state index in [0.29, 0.717) is 0 Å². The molecule has 11 rings (SSSR count). The number of hydrogen-bond acceptors (Lipinski definition) is 23. The zero-order valence-electron chi connectivity index (χ0n) is 37.9. The van der Waals surface area contributed by atoms with E-state index in [1.165, 1.54) is 18.2 Å². The molecule has 5 heterocycles. The molecule has 0 amide bonds. The van der Waals surface area contributed by atoms with Crippen molar-refractivity contribution < 1.29 is 115 Å². The van der Waals surface area contributed by atoms with Crippen LogP contribution in [0.15, 0.2) is 78.9 Å². The van der Waals surface area contributed by atoms with Gasteiger partial charge in [-0.1, -0.05) is 12.1 Å². The number of aliphatic hydroxyl groups excluding tert-OH is 6. The molecule has 388 valence electrons. The van der Waals surface area contributed by atoms with Gasteiger partial charge < -0.3 is 115 Å². The van der Waals surface area contributed by atoms with Gasteiger partial charge in [-0.2, -0.15) is 0 Å². The van der Waals surface area contributed by atoms with Crippen molar-refractivity contribution in [1.29, 1.82) is 0 Å². The second-order valence-electron chi connectivity index (χ2n) is 18.7. The first-order valence-electron chi connectivity index (χ1n) is 22.8. The summed E-state index contributed by atoms with van der Waals surface area (Å²) in [6, 6.07) is 14.2. The van der Waals surface area contributed by atoms with Crippen LogP contribution in [0.2, 0.25) is 0 Å². The van der Waals surface area contributed by atoms with Crippen LogP contribution in [0.4, 0.5) is 0 Å². The SMILES string of the molecule is OC[C@H]1O[C@@H](O[C@@H]2[C@@H]3c4c(O)cc(O)cc4O[C@@]2(c2ccc(O)c(O)c2)Oc2cc(O)c4c(c23)O[C@H](c2ccc(O)c(O)c2)[C@H](O)C4c2c(O)cc(O)c3c2O[C@H](c2ccc(O)c(O)c2)[C@H](O)C3)[C@H](O)[C@H](O)[C@H]1O. The number of phenolic OH excluding ortho intramolecular Hbond substituents is 11. The van der Waals surface area contributed by atoms with Gasteiger partial charge in [0, 0.05) is 64.1 Å². The highest BCUT2D eigenvalue weighted by Gasteiger charge is 2.64. The Labute approximate surface area is 415 Å². The number of aromatic hydroxyl groups is 11. The number of ether oxygens (including phenoxy) is 6. The highest BCUT2D eigenvalue weighted by molar-refractivity contribution is 5.72. The Morgan fingerprint density at radius 2 is 1.05 bits per heavy atom. The molecule has 23 nitrogen and oxygen atoms in total. The van der Waals surface area contributed by atoms with Crippen LogP contribution in [0.5, 0.6) is 86.2 Å². The van der Waals surface area contributed by atoms with Crippen LogP contribution in [0.3, 0.4) is 0 Å². The molecule has 1 unspecified atom stereocenters. The van der Waals surface area contributed by atoms with Crippen molar-refractivity contribution in [2.24, 2.45) is 0 Å². The molecule has 6 aromatic rings. The quantitative estimate of drug-likeness (QED) is 0.102. The van der Waals surface area contributed by atoms with Gasteiger partial charge in [0.05, 0.1) is 24.5 Å². The van der Waals surface area contributed by atoms with E-state index in [0.717, 1.165) is 60.7 Å². The summed E-state index contributed by atoms with van der Waals surface area (Å²) in [5.74, 6) is -14.3. The molecule has 1 fully saturated rings. The number of hydrogen-bond donors (Lipinski definition) is 17. The van der Waals surface area contributed by atoms with Gasteiger partial charge in [-0.25, -0.2) is 0 Å². The van der Waals surface area contributed by atoms with Crippen molar-refractivity contribution in [3.05, 3.63) is 123 Å². The van der Waals surface area contributed by atoms with E-state index in [9.17, 15) is 86.8 Å². The number of rotatable bonds is 7. The summed E-state index contributed by atoms with van der Waals surface area (Å²) >= 11 is 0. The van der Waals surface area contributed by atoms with Crippen molar-refractivity contribution in [2.45, 2.75) is 85.3 Å². The maximum atomic E-state index is 12.8. The lowest BCUT2D eigenvalue weighted by atomic mass is 9.71. The Hall–Kier alpha value is -8.00. The first kappa shape index (κ1) is 48.3. The topological polar surface area (TPSA) is 399 Å². The normalized spacial score (nSPS) is 29.5. The van der Waals surface area contributed by atoms with Crippen LogP contribution < -0.4 is 18.9 Å². The molecule has 0 saturated carbocycles. The third-order valence-corrected chi connectivity index (χ3v) is 14.3. The average molecular weight is 1030 g/mol. The molecule has 74 heavy (non-hydrogen) atoms. The molecular formula is C51H46O23. The Balaban J connectivity index is 1.20. The standard InChI is InChI=1S/C51H46O23/c52-15-34-41(65)43(67)44(68)50(69-34)72-49-40-35-28(61)10-19(53)11-32(35)73-51(49,18-3-6-23(56)27(60)9-18)74-33-14-30(63)37-39(42(66)46(71-48(37)38(33)40)17-2-5-22(55)26(59)8-17)36-29(62)13-24(57)20-12-31(64)45(70-47(20)36)16-1-4-21(54)25(58)7-16/h1-11,13-14,31,34,39-46,49-50,52-68H,12,15H2/t31-,34-,39?,40-,41+,42-,43-,44-,45-,46-,49-,50+,51+/m1/s1. The van der Waals surface area contributed by atoms with Gasteiger partial charge in [0.25, 0.3) is 0 Å². The van der Waals surface area contributed by atoms with Crippen LogP contribution in [-0.2, 0) is 21.7 Å². The van der Waals surface area contributed by atoms with Crippen LogP contribution in [0, 0.1) is 0 Å². The van der Waals surface area contributed by atoms with Gasteiger partial charge >= 0.3 is 5.79 Å². The molecule has 0 aliphatic carbocycles. The molecule has 6 aromatic carbocycles. The van der Waals surface area contributed by atoms with E-state index in [1.54, 1.807) is 0 Å². The van der Waals surface area contributed by atoms with Crippen LogP contribution in [0.25, 0.3) is 0 Å². The minimum atomic E-state index is -2.52. The summed E-state index contributed by atoms with van der Waals surface area (Å²) in [7, 11) is 0. The van der Waals surface area contributed by atoms with E-state index >= 15 is 0 Å². The Bertz CT molecular complexity index is 3250. The molecule has 0 aromatic heterocycles. The summed E-state index contributed by atoms with van der Waals surface area (Å²) in [5.41, 5.74) is -1.30. The molecular weight excluding hydrogens is 981 g/mol. The predicted octanol–water partition coefficient (Wildman–Crippen LogP) is 2.07. The first-order chi connectivity index (χ1) is 35.2. The Kier molecular flexibility index (Phi) is 11.3. The largest absolute Gasteiger partial charge is 0.508 e. The molecule has 1 saturated heterocycles. The van der Waals surface area contributed by atoms with E-state index in [4.69, 9.17) is 28.4 Å². The summed E-state index contributed by atoms with van der Waals surface area (Å²) in [6.45, 7) is -0.901. The third kappa shape index (κ3) is 7.26. The molecule has 13 atom stereocenters. The summed E-state index contributed by atoms with van der Waals surface area (Å²) in [5, 5.41) is 189. The number of fused-ring (bicyclic) bond motifs is 9. The van der Waals surface area contributed by atoms with E-state index in [2.05, 4.69) is 0 Å². The van der Waals surface area contributed by atoms with Gasteiger partial charge in [-0.05, 0) is 53.6 Å². The van der Waals surface area contributed by atoms with Gasteiger partial charge in [0.15, 0.2) is 53.0 Å². The average Bonchev–Trinajstić information content (AvgIpc) is 3.36. The monoisotopic (exact) mass is 1030 g/mol. The lowest BCUT2D eigenvalue weighted by Gasteiger charge is -2.53. The molecule has 5 aliphatic rings. The summed E-state index contributed by atoms with van der Waals surface area (Å²) in [4.78, 5) is 0. The zero-order chi connectivity index (χ0) is 52.6. The molecule has 2 bridgehead atoms. The van der Waals surface area contributed by atoms with E-state index < -0.39 is 154 Å². The van der Waals surface area contributed by atoms with Crippen molar-refractivity contribution >= 4 is 0 Å². The highest BCUT2D eigenvalue weighted by Crippen LogP contribution is 2.66. The minimum Gasteiger partial charge on any atom is -0.508 e. The molecule has 5 aliphatic heterocycles. The lowest BCUT2D eigenvalue weighted by molar-refractivity contribution is -0.345. The maximum Gasteiger partial charge on any atom is 0.305 e. The third-order valence-electron chi connectivity index (χ3n) is 14.3. The fraction of sp³-hybridized carbons (Fsp3) is 0.294. The maximum absolute atomic E-state index is 12.8. The summed E-state index contributed by atoms with van der Waals surface area (Å²) < 4.78 is 38.8. The molecule has 17 N–H and O–H groups in total. The number of phenols is 11. The second-order valence-corrected chi connectivity index (χ2v) is 18.7. The minimum absolute atomic E-state index is 0.0404. The van der Waals surface area contributed by atoms with Gasteiger partial charge in [0.1, 0.15) is 88.4 Å².